The maximum atomic E-state index is 11.2. The Morgan fingerprint density at radius 3 is 2.79 bits per heavy atom. The molecule has 0 aromatic carbocycles. The average molecular weight is 259 g/mol. The van der Waals surface area contributed by atoms with Gasteiger partial charge in [0.05, 0.1) is 6.26 Å². The van der Waals surface area contributed by atoms with Gasteiger partial charge in [-0.2, -0.15) is 0 Å². The lowest BCUT2D eigenvalue weighted by Crippen LogP contribution is -2.22. The van der Waals surface area contributed by atoms with Crippen LogP contribution in [0.15, 0.2) is 29.0 Å². The van der Waals surface area contributed by atoms with E-state index in [1.54, 1.807) is 18.4 Å². The molecular weight excluding hydrogens is 246 g/mol. The highest BCUT2D eigenvalue weighted by atomic mass is 16.4. The molecule has 6 heteroatoms. The highest BCUT2D eigenvalue weighted by molar-refractivity contribution is 5.93. The number of anilines is 1. The lowest BCUT2D eigenvalue weighted by atomic mass is 10.3. The SMILES string of the molecule is O=C(O)c1cnc(-c2ccco2)nc1N1CCCC1. The largest absolute Gasteiger partial charge is 0.477 e. The molecule has 0 unspecified atom stereocenters. The van der Waals surface area contributed by atoms with Crippen molar-refractivity contribution in [2.24, 2.45) is 0 Å². The van der Waals surface area contributed by atoms with Crippen LogP contribution in [0.25, 0.3) is 11.6 Å². The fraction of sp³-hybridized carbons (Fsp3) is 0.308. The van der Waals surface area contributed by atoms with Crippen LogP contribution in [-0.2, 0) is 0 Å². The van der Waals surface area contributed by atoms with Crippen LogP contribution in [0, 0.1) is 0 Å². The number of furan rings is 1. The van der Waals surface area contributed by atoms with Crippen LogP contribution in [0.3, 0.4) is 0 Å². The van der Waals surface area contributed by atoms with E-state index in [0.717, 1.165) is 25.9 Å². The van der Waals surface area contributed by atoms with Gasteiger partial charge in [0.1, 0.15) is 11.4 Å². The number of hydrogen-bond donors (Lipinski definition) is 1. The molecule has 0 atom stereocenters. The van der Waals surface area contributed by atoms with Crippen LogP contribution in [-0.4, -0.2) is 34.1 Å². The summed E-state index contributed by atoms with van der Waals surface area (Å²) in [5.74, 6) is 0.425. The summed E-state index contributed by atoms with van der Waals surface area (Å²) in [4.78, 5) is 21.7. The number of aromatic carboxylic acids is 1. The maximum absolute atomic E-state index is 11.2. The summed E-state index contributed by atoms with van der Waals surface area (Å²) >= 11 is 0. The van der Waals surface area contributed by atoms with E-state index in [0.29, 0.717) is 17.4 Å². The number of hydrogen-bond acceptors (Lipinski definition) is 5. The minimum atomic E-state index is -1.01. The molecule has 0 aliphatic carbocycles. The second kappa shape index (κ2) is 4.72. The summed E-state index contributed by atoms with van der Waals surface area (Å²) < 4.78 is 5.25. The molecule has 1 saturated heterocycles. The van der Waals surface area contributed by atoms with Crippen molar-refractivity contribution in [3.05, 3.63) is 30.2 Å². The summed E-state index contributed by atoms with van der Waals surface area (Å²) in [6.07, 6.45) is 5.00. The Kier molecular flexibility index (Phi) is 2.91. The highest BCUT2D eigenvalue weighted by Gasteiger charge is 2.22. The second-order valence-electron chi connectivity index (χ2n) is 4.41. The fourth-order valence-corrected chi connectivity index (χ4v) is 2.22. The van der Waals surface area contributed by atoms with E-state index >= 15 is 0 Å². The monoisotopic (exact) mass is 259 g/mol. The number of nitrogens with zero attached hydrogens (tertiary/aromatic N) is 3. The fourth-order valence-electron chi connectivity index (χ4n) is 2.22. The summed E-state index contributed by atoms with van der Waals surface area (Å²) in [6.45, 7) is 1.66. The molecule has 1 N–H and O–H groups in total. The first-order valence-electron chi connectivity index (χ1n) is 6.15. The molecule has 0 bridgehead atoms. The average Bonchev–Trinajstić information content (AvgIpc) is 3.11. The second-order valence-corrected chi connectivity index (χ2v) is 4.41. The molecule has 2 aromatic heterocycles. The van der Waals surface area contributed by atoms with Crippen molar-refractivity contribution in [2.45, 2.75) is 12.8 Å². The Hall–Kier alpha value is -2.37. The van der Waals surface area contributed by atoms with E-state index in [2.05, 4.69) is 9.97 Å². The molecule has 6 nitrogen and oxygen atoms in total. The Morgan fingerprint density at radius 1 is 1.37 bits per heavy atom. The molecule has 0 radical (unpaired) electrons. The molecule has 1 aliphatic heterocycles. The first kappa shape index (κ1) is 11.7. The van der Waals surface area contributed by atoms with Gasteiger partial charge in [-0.1, -0.05) is 0 Å². The molecular formula is C13H13N3O3. The van der Waals surface area contributed by atoms with Crippen LogP contribution in [0.2, 0.25) is 0 Å². The van der Waals surface area contributed by atoms with Crippen molar-refractivity contribution in [1.82, 2.24) is 9.97 Å². The van der Waals surface area contributed by atoms with Gasteiger partial charge in [-0.25, -0.2) is 14.8 Å². The predicted octanol–water partition coefficient (Wildman–Crippen LogP) is 2.04. The molecule has 3 rings (SSSR count). The topological polar surface area (TPSA) is 79.5 Å². The normalized spacial score (nSPS) is 14.8. The molecule has 3 heterocycles. The van der Waals surface area contributed by atoms with Crippen molar-refractivity contribution in [1.29, 1.82) is 0 Å². The Labute approximate surface area is 109 Å². The smallest absolute Gasteiger partial charge is 0.341 e. The summed E-state index contributed by atoms with van der Waals surface area (Å²) in [7, 11) is 0. The molecule has 0 spiro atoms. The van der Waals surface area contributed by atoms with Gasteiger partial charge < -0.3 is 14.4 Å². The van der Waals surface area contributed by atoms with E-state index in [-0.39, 0.29) is 5.56 Å². The van der Waals surface area contributed by atoms with Crippen LogP contribution in [0.4, 0.5) is 5.82 Å². The van der Waals surface area contributed by atoms with Gasteiger partial charge in [0.2, 0.25) is 0 Å². The number of carbonyl (C=O) groups is 1. The Bertz CT molecular complexity index is 589. The van der Waals surface area contributed by atoms with Crippen LogP contribution in [0.1, 0.15) is 23.2 Å². The summed E-state index contributed by atoms with van der Waals surface area (Å²) in [5, 5.41) is 9.22. The number of carboxylic acids is 1. The van der Waals surface area contributed by atoms with Crippen molar-refractivity contribution in [3.8, 4) is 11.6 Å². The lowest BCUT2D eigenvalue weighted by molar-refractivity contribution is 0.0696. The Balaban J connectivity index is 2.06. The van der Waals surface area contributed by atoms with Crippen molar-refractivity contribution in [2.75, 3.05) is 18.0 Å². The first-order valence-corrected chi connectivity index (χ1v) is 6.15. The maximum Gasteiger partial charge on any atom is 0.341 e. The highest BCUT2D eigenvalue weighted by Crippen LogP contribution is 2.25. The van der Waals surface area contributed by atoms with E-state index < -0.39 is 5.97 Å². The summed E-state index contributed by atoms with van der Waals surface area (Å²) in [5.41, 5.74) is 0.136. The molecule has 1 aliphatic rings. The van der Waals surface area contributed by atoms with E-state index in [1.165, 1.54) is 6.20 Å². The van der Waals surface area contributed by atoms with Gasteiger partial charge in [0, 0.05) is 19.3 Å². The Morgan fingerprint density at radius 2 is 2.16 bits per heavy atom. The zero-order valence-electron chi connectivity index (χ0n) is 10.2. The zero-order chi connectivity index (χ0) is 13.2. The molecule has 19 heavy (non-hydrogen) atoms. The van der Waals surface area contributed by atoms with E-state index in [1.807, 2.05) is 4.90 Å². The third kappa shape index (κ3) is 2.16. The van der Waals surface area contributed by atoms with Gasteiger partial charge >= 0.3 is 5.97 Å². The van der Waals surface area contributed by atoms with Crippen molar-refractivity contribution >= 4 is 11.8 Å². The van der Waals surface area contributed by atoms with Gasteiger partial charge in [0.15, 0.2) is 11.6 Å². The third-order valence-electron chi connectivity index (χ3n) is 3.15. The third-order valence-corrected chi connectivity index (χ3v) is 3.15. The first-order chi connectivity index (χ1) is 9.25. The minimum Gasteiger partial charge on any atom is -0.477 e. The molecule has 2 aromatic rings. The van der Waals surface area contributed by atoms with Gasteiger partial charge in [-0.15, -0.1) is 0 Å². The number of rotatable bonds is 3. The zero-order valence-corrected chi connectivity index (χ0v) is 10.2. The van der Waals surface area contributed by atoms with Crippen LogP contribution < -0.4 is 4.90 Å². The van der Waals surface area contributed by atoms with E-state index in [4.69, 9.17) is 4.42 Å². The molecule has 98 valence electrons. The van der Waals surface area contributed by atoms with Crippen LogP contribution in [0.5, 0.6) is 0 Å². The number of aromatic nitrogens is 2. The van der Waals surface area contributed by atoms with Crippen molar-refractivity contribution in [3.63, 3.8) is 0 Å². The van der Waals surface area contributed by atoms with Crippen molar-refractivity contribution < 1.29 is 14.3 Å². The standard InChI is InChI=1S/C13H13N3O3/c17-13(18)9-8-14-11(10-4-3-7-19-10)15-12(9)16-5-1-2-6-16/h3-4,7-8H,1-2,5-6H2,(H,17,18). The molecule has 0 amide bonds. The number of carboxylic acid groups (broad SMARTS) is 1. The van der Waals surface area contributed by atoms with E-state index in [9.17, 15) is 9.90 Å². The molecule has 0 saturated carbocycles. The lowest BCUT2D eigenvalue weighted by Gasteiger charge is -2.18. The predicted molar refractivity (Wildman–Crippen MR) is 68.1 cm³/mol. The minimum absolute atomic E-state index is 0.136. The quantitative estimate of drug-likeness (QED) is 0.908. The van der Waals surface area contributed by atoms with Gasteiger partial charge in [-0.3, -0.25) is 0 Å². The van der Waals surface area contributed by atoms with Crippen LogP contribution >= 0.6 is 0 Å². The summed E-state index contributed by atoms with van der Waals surface area (Å²) in [6, 6.07) is 3.50. The van der Waals surface area contributed by atoms with Gasteiger partial charge in [-0.05, 0) is 25.0 Å². The van der Waals surface area contributed by atoms with Gasteiger partial charge in [0.25, 0.3) is 0 Å². The molecule has 1 fully saturated rings.